The van der Waals surface area contributed by atoms with Crippen molar-refractivity contribution in [3.8, 4) is 0 Å². The Kier molecular flexibility index (Phi) is 6.21. The van der Waals surface area contributed by atoms with Gasteiger partial charge in [0.05, 0.1) is 11.4 Å². The molecule has 0 saturated carbocycles. The molecule has 5 nitrogen and oxygen atoms in total. The van der Waals surface area contributed by atoms with Gasteiger partial charge < -0.3 is 4.90 Å². The number of nitrogens with zero attached hydrogens (tertiary/aromatic N) is 2. The number of benzene rings is 2. The summed E-state index contributed by atoms with van der Waals surface area (Å²) in [5, 5.41) is 0.454. The van der Waals surface area contributed by atoms with Gasteiger partial charge in [0.25, 0.3) is 0 Å². The Morgan fingerprint density at radius 3 is 2.24 bits per heavy atom. The van der Waals surface area contributed by atoms with Crippen LogP contribution in [0, 0.1) is 6.92 Å². The van der Waals surface area contributed by atoms with E-state index in [0.717, 1.165) is 15.4 Å². The van der Waals surface area contributed by atoms with Gasteiger partial charge in [-0.1, -0.05) is 35.9 Å². The first-order valence-electron chi connectivity index (χ1n) is 7.72. The molecule has 2 aromatic carbocycles. The van der Waals surface area contributed by atoms with Gasteiger partial charge in [0, 0.05) is 25.7 Å². The average molecular weight is 381 g/mol. The van der Waals surface area contributed by atoms with Crippen LogP contribution in [0.25, 0.3) is 0 Å². The number of carbonyl (C=O) groups excluding carboxylic acids is 1. The Labute approximate surface area is 153 Å². The number of halogens is 1. The first-order valence-corrected chi connectivity index (χ1v) is 9.54. The van der Waals surface area contributed by atoms with Gasteiger partial charge in [-0.15, -0.1) is 0 Å². The molecule has 7 heteroatoms. The number of likely N-dealkylation sites (N-methyl/N-ethyl adjacent to an activating group) is 2. The highest BCUT2D eigenvalue weighted by molar-refractivity contribution is 7.89. The van der Waals surface area contributed by atoms with Crippen LogP contribution in [0.4, 0.5) is 0 Å². The number of hydrogen-bond donors (Lipinski definition) is 0. The Bertz CT molecular complexity index is 851. The third kappa shape index (κ3) is 4.81. The van der Waals surface area contributed by atoms with E-state index in [0.29, 0.717) is 11.6 Å². The van der Waals surface area contributed by atoms with Crippen molar-refractivity contribution in [3.63, 3.8) is 0 Å². The second-order valence-corrected chi connectivity index (χ2v) is 8.37. The second-order valence-electron chi connectivity index (χ2n) is 5.89. The van der Waals surface area contributed by atoms with Crippen LogP contribution >= 0.6 is 11.6 Å². The summed E-state index contributed by atoms with van der Waals surface area (Å²) in [7, 11) is -0.682. The quantitative estimate of drug-likeness (QED) is 0.774. The van der Waals surface area contributed by atoms with Crippen LogP contribution in [0.5, 0.6) is 0 Å². The lowest BCUT2D eigenvalue weighted by Crippen LogP contribution is -2.39. The van der Waals surface area contributed by atoms with Gasteiger partial charge in [-0.2, -0.15) is 4.31 Å². The van der Waals surface area contributed by atoms with E-state index in [4.69, 9.17) is 11.6 Å². The molecule has 0 heterocycles. The molecule has 0 spiro atoms. The zero-order chi connectivity index (χ0) is 18.6. The monoisotopic (exact) mass is 380 g/mol. The van der Waals surface area contributed by atoms with E-state index in [1.54, 1.807) is 7.05 Å². The summed E-state index contributed by atoms with van der Waals surface area (Å²) in [5.74, 6) is -0.275. The van der Waals surface area contributed by atoms with Crippen LogP contribution in [-0.4, -0.2) is 44.2 Å². The molecule has 2 aromatic rings. The summed E-state index contributed by atoms with van der Waals surface area (Å²) in [6.45, 7) is 2.18. The molecular formula is C18H21ClN2O3S. The first kappa shape index (κ1) is 19.4. The predicted molar refractivity (Wildman–Crippen MR) is 98.9 cm³/mol. The van der Waals surface area contributed by atoms with Crippen LogP contribution in [0.3, 0.4) is 0 Å². The fourth-order valence-electron chi connectivity index (χ4n) is 2.31. The minimum atomic E-state index is -3.74. The minimum absolute atomic E-state index is 0.105. The van der Waals surface area contributed by atoms with E-state index in [2.05, 4.69) is 0 Å². The predicted octanol–water partition coefficient (Wildman–Crippen LogP) is 2.93. The standard InChI is InChI=1S/C18H21ClN2O3S/c1-14-6-4-5-7-15(14)12-20(2)18(22)13-21(3)25(23,24)17-10-8-16(19)9-11-17/h4-11H,12-13H2,1-3H3. The molecule has 2 rings (SSSR count). The summed E-state index contributed by atoms with van der Waals surface area (Å²) in [4.78, 5) is 14.0. The Balaban J connectivity index is 2.06. The summed E-state index contributed by atoms with van der Waals surface area (Å²) in [6.07, 6.45) is 0. The van der Waals surface area contributed by atoms with Crippen LogP contribution < -0.4 is 0 Å². The number of sulfonamides is 1. The van der Waals surface area contributed by atoms with E-state index in [1.807, 2.05) is 31.2 Å². The largest absolute Gasteiger partial charge is 0.340 e. The van der Waals surface area contributed by atoms with Crippen LogP contribution in [0.2, 0.25) is 5.02 Å². The van der Waals surface area contributed by atoms with Crippen LogP contribution in [0.1, 0.15) is 11.1 Å². The topological polar surface area (TPSA) is 57.7 Å². The molecule has 0 aromatic heterocycles. The van der Waals surface area contributed by atoms with Crippen molar-refractivity contribution in [2.75, 3.05) is 20.6 Å². The lowest BCUT2D eigenvalue weighted by molar-refractivity contribution is -0.130. The van der Waals surface area contributed by atoms with Crippen molar-refractivity contribution in [1.29, 1.82) is 0 Å². The number of aryl methyl sites for hydroxylation is 1. The zero-order valence-electron chi connectivity index (χ0n) is 14.4. The van der Waals surface area contributed by atoms with Crippen molar-refractivity contribution in [2.24, 2.45) is 0 Å². The Hall–Kier alpha value is -1.89. The van der Waals surface area contributed by atoms with Crippen molar-refractivity contribution in [3.05, 3.63) is 64.7 Å². The fourth-order valence-corrected chi connectivity index (χ4v) is 3.56. The van der Waals surface area contributed by atoms with Crippen molar-refractivity contribution in [1.82, 2.24) is 9.21 Å². The van der Waals surface area contributed by atoms with Gasteiger partial charge in [0.1, 0.15) is 0 Å². The van der Waals surface area contributed by atoms with E-state index in [-0.39, 0.29) is 17.3 Å². The summed E-state index contributed by atoms with van der Waals surface area (Å²) in [6, 6.07) is 13.6. The maximum Gasteiger partial charge on any atom is 0.243 e. The Morgan fingerprint density at radius 1 is 1.04 bits per heavy atom. The molecule has 0 aliphatic carbocycles. The molecule has 0 aliphatic rings. The maximum absolute atomic E-state index is 12.5. The summed E-state index contributed by atoms with van der Waals surface area (Å²) < 4.78 is 26.1. The van der Waals surface area contributed by atoms with Crippen molar-refractivity contribution in [2.45, 2.75) is 18.4 Å². The highest BCUT2D eigenvalue weighted by atomic mass is 35.5. The van der Waals surface area contributed by atoms with Crippen LogP contribution in [0.15, 0.2) is 53.4 Å². The number of amides is 1. The molecular weight excluding hydrogens is 360 g/mol. The Morgan fingerprint density at radius 2 is 1.64 bits per heavy atom. The number of carbonyl (C=O) groups is 1. The molecule has 134 valence electrons. The lowest BCUT2D eigenvalue weighted by atomic mass is 10.1. The lowest BCUT2D eigenvalue weighted by Gasteiger charge is -2.22. The molecule has 0 fully saturated rings. The first-order chi connectivity index (χ1) is 11.7. The molecule has 1 amide bonds. The van der Waals surface area contributed by atoms with Gasteiger partial charge >= 0.3 is 0 Å². The highest BCUT2D eigenvalue weighted by Gasteiger charge is 2.24. The van der Waals surface area contributed by atoms with Gasteiger partial charge in [-0.05, 0) is 42.3 Å². The van der Waals surface area contributed by atoms with E-state index in [1.165, 1.54) is 36.2 Å². The van der Waals surface area contributed by atoms with Gasteiger partial charge in [-0.3, -0.25) is 4.79 Å². The molecule has 25 heavy (non-hydrogen) atoms. The van der Waals surface area contributed by atoms with Crippen LogP contribution in [-0.2, 0) is 21.4 Å². The summed E-state index contributed by atoms with van der Waals surface area (Å²) >= 11 is 5.79. The second kappa shape index (κ2) is 7.99. The molecule has 0 saturated heterocycles. The zero-order valence-corrected chi connectivity index (χ0v) is 16.0. The molecule has 0 aliphatic heterocycles. The third-order valence-corrected chi connectivity index (χ3v) is 6.04. The van der Waals surface area contributed by atoms with E-state index in [9.17, 15) is 13.2 Å². The van der Waals surface area contributed by atoms with E-state index < -0.39 is 10.0 Å². The maximum atomic E-state index is 12.5. The SMILES string of the molecule is Cc1ccccc1CN(C)C(=O)CN(C)S(=O)(=O)c1ccc(Cl)cc1. The third-order valence-electron chi connectivity index (χ3n) is 3.97. The molecule has 0 N–H and O–H groups in total. The normalized spacial score (nSPS) is 11.6. The molecule has 0 unspecified atom stereocenters. The number of hydrogen-bond acceptors (Lipinski definition) is 3. The minimum Gasteiger partial charge on any atom is -0.340 e. The summed E-state index contributed by atoms with van der Waals surface area (Å²) in [5.41, 5.74) is 2.12. The molecule has 0 bridgehead atoms. The fraction of sp³-hybridized carbons (Fsp3) is 0.278. The molecule has 0 radical (unpaired) electrons. The number of rotatable bonds is 6. The average Bonchev–Trinajstić information content (AvgIpc) is 2.57. The van der Waals surface area contributed by atoms with E-state index >= 15 is 0 Å². The van der Waals surface area contributed by atoms with Gasteiger partial charge in [0.15, 0.2) is 0 Å². The highest BCUT2D eigenvalue weighted by Crippen LogP contribution is 2.17. The molecule has 0 atom stereocenters. The smallest absolute Gasteiger partial charge is 0.243 e. The van der Waals surface area contributed by atoms with Crippen molar-refractivity contribution < 1.29 is 13.2 Å². The van der Waals surface area contributed by atoms with Crippen molar-refractivity contribution >= 4 is 27.5 Å². The van der Waals surface area contributed by atoms with Gasteiger partial charge in [0.2, 0.25) is 15.9 Å². The van der Waals surface area contributed by atoms with Gasteiger partial charge in [-0.25, -0.2) is 8.42 Å².